The van der Waals surface area contributed by atoms with Crippen molar-refractivity contribution >= 4 is 7.85 Å². The van der Waals surface area contributed by atoms with E-state index in [-0.39, 0.29) is 6.61 Å². The largest absolute Gasteiger partial charge is 0.522 e. The summed E-state index contributed by atoms with van der Waals surface area (Å²) in [7, 11) is 2.18. The molecule has 0 saturated carbocycles. The summed E-state index contributed by atoms with van der Waals surface area (Å²) in [5.41, 5.74) is 0. The molecule has 0 heterocycles. The van der Waals surface area contributed by atoms with E-state index in [0.717, 1.165) is 19.3 Å². The van der Waals surface area contributed by atoms with Crippen molar-refractivity contribution in [3.63, 3.8) is 0 Å². The first-order valence-corrected chi connectivity index (χ1v) is 6.27. The van der Waals surface area contributed by atoms with Gasteiger partial charge >= 0.3 is 6.36 Å². The van der Waals surface area contributed by atoms with Crippen LogP contribution in [0.3, 0.4) is 0 Å². The van der Waals surface area contributed by atoms with Gasteiger partial charge in [-0.1, -0.05) is 51.3 Å². The smallest absolute Gasteiger partial charge is 0.292 e. The topological polar surface area (TPSA) is 9.23 Å². The minimum absolute atomic E-state index is 0.195. The van der Waals surface area contributed by atoms with Gasteiger partial charge in [-0.15, -0.1) is 13.2 Å². The molecule has 0 radical (unpaired) electrons. The van der Waals surface area contributed by atoms with E-state index in [9.17, 15) is 13.2 Å². The second-order valence-corrected chi connectivity index (χ2v) is 4.12. The fraction of sp³-hybridized carbons (Fsp3) is 1.00. The summed E-state index contributed by atoms with van der Waals surface area (Å²) in [5.74, 6) is 0. The summed E-state index contributed by atoms with van der Waals surface area (Å²) in [4.78, 5) is 0. The molecule has 0 aromatic rings. The summed E-state index contributed by atoms with van der Waals surface area (Å²) < 4.78 is 38.4. The van der Waals surface area contributed by atoms with E-state index in [4.69, 9.17) is 0 Å². The Bertz CT molecular complexity index is 151. The number of unbranched alkanes of at least 4 members (excludes halogenated alkanes) is 7. The molecule has 16 heavy (non-hydrogen) atoms. The molecule has 0 aliphatic rings. The fourth-order valence-corrected chi connectivity index (χ4v) is 1.60. The Kier molecular flexibility index (Phi) is 9.88. The average Bonchev–Trinajstić information content (AvgIpc) is 2.19. The zero-order valence-corrected chi connectivity index (χ0v) is 10.1. The molecule has 0 aliphatic carbocycles. The van der Waals surface area contributed by atoms with Gasteiger partial charge in [-0.2, -0.15) is 0 Å². The van der Waals surface area contributed by atoms with Crippen molar-refractivity contribution in [1.82, 2.24) is 0 Å². The predicted molar refractivity (Wildman–Crippen MR) is 62.3 cm³/mol. The van der Waals surface area contributed by atoms with Gasteiger partial charge < -0.3 is 0 Å². The van der Waals surface area contributed by atoms with E-state index < -0.39 is 6.36 Å². The number of hydrogen-bond acceptors (Lipinski definition) is 1. The molecular formula is C11H22BF3O. The number of rotatable bonds is 10. The average molecular weight is 238 g/mol. The van der Waals surface area contributed by atoms with Crippen LogP contribution in [0.15, 0.2) is 0 Å². The van der Waals surface area contributed by atoms with Crippen LogP contribution < -0.4 is 0 Å². The van der Waals surface area contributed by atoms with Crippen LogP contribution >= 0.6 is 0 Å². The van der Waals surface area contributed by atoms with Crippen molar-refractivity contribution < 1.29 is 17.9 Å². The first kappa shape index (κ1) is 15.8. The maximum absolute atomic E-state index is 11.6. The van der Waals surface area contributed by atoms with Crippen LogP contribution in [0.4, 0.5) is 13.2 Å². The van der Waals surface area contributed by atoms with Crippen molar-refractivity contribution in [2.75, 3.05) is 6.61 Å². The molecule has 0 aromatic heterocycles. The molecule has 96 valence electrons. The summed E-state index contributed by atoms with van der Waals surface area (Å²) in [5, 5.41) is 0. The Hall–Kier alpha value is -0.185. The summed E-state index contributed by atoms with van der Waals surface area (Å²) in [6.45, 7) is -0.195. The SMILES string of the molecule is BCCCCCCCCCCOC(F)(F)F. The van der Waals surface area contributed by atoms with Gasteiger partial charge in [-0.05, 0) is 6.42 Å². The van der Waals surface area contributed by atoms with Crippen molar-refractivity contribution in [3.05, 3.63) is 0 Å². The van der Waals surface area contributed by atoms with Crippen molar-refractivity contribution in [1.29, 1.82) is 0 Å². The first-order valence-electron chi connectivity index (χ1n) is 6.27. The number of alkyl halides is 3. The molecule has 0 rings (SSSR count). The Morgan fingerprint density at radius 3 is 1.62 bits per heavy atom. The van der Waals surface area contributed by atoms with Crippen molar-refractivity contribution in [3.8, 4) is 0 Å². The molecule has 5 heteroatoms. The second kappa shape index (κ2) is 10.0. The Morgan fingerprint density at radius 1 is 0.750 bits per heavy atom. The Morgan fingerprint density at radius 2 is 1.19 bits per heavy atom. The molecule has 0 N–H and O–H groups in total. The standard InChI is InChI=1S/C11H22BF3O/c12-9-7-5-3-1-2-4-6-8-10-16-11(13,14)15/h1-10,12H2. The second-order valence-electron chi connectivity index (χ2n) is 4.12. The van der Waals surface area contributed by atoms with Gasteiger partial charge in [0.2, 0.25) is 0 Å². The lowest BCUT2D eigenvalue weighted by Crippen LogP contribution is -2.13. The van der Waals surface area contributed by atoms with Crippen LogP contribution in [-0.4, -0.2) is 20.8 Å². The van der Waals surface area contributed by atoms with Crippen LogP contribution in [0.1, 0.15) is 51.4 Å². The molecule has 0 aromatic carbocycles. The third-order valence-electron chi connectivity index (χ3n) is 2.51. The molecule has 0 amide bonds. The molecule has 0 atom stereocenters. The highest BCUT2D eigenvalue weighted by Gasteiger charge is 2.28. The third-order valence-corrected chi connectivity index (χ3v) is 2.51. The third kappa shape index (κ3) is 13.8. The fourth-order valence-electron chi connectivity index (χ4n) is 1.60. The number of hydrogen-bond donors (Lipinski definition) is 0. The van der Waals surface area contributed by atoms with Crippen LogP contribution in [0.25, 0.3) is 0 Å². The molecule has 0 saturated heterocycles. The summed E-state index contributed by atoms with van der Waals surface area (Å²) in [6, 6.07) is 0. The highest BCUT2D eigenvalue weighted by molar-refractivity contribution is 6.08. The lowest BCUT2D eigenvalue weighted by atomic mass is 9.98. The van der Waals surface area contributed by atoms with Crippen LogP contribution in [-0.2, 0) is 4.74 Å². The summed E-state index contributed by atoms with van der Waals surface area (Å²) in [6.07, 6.45) is 5.33. The minimum atomic E-state index is -4.46. The molecule has 0 spiro atoms. The zero-order chi connectivity index (χ0) is 12.3. The van der Waals surface area contributed by atoms with Crippen LogP contribution in [0.5, 0.6) is 0 Å². The Balaban J connectivity index is 2.99. The van der Waals surface area contributed by atoms with Crippen LogP contribution in [0, 0.1) is 0 Å². The predicted octanol–water partition coefficient (Wildman–Crippen LogP) is 3.70. The van der Waals surface area contributed by atoms with E-state index in [1.54, 1.807) is 0 Å². The monoisotopic (exact) mass is 238 g/mol. The molecule has 0 fully saturated rings. The Labute approximate surface area is 97.2 Å². The van der Waals surface area contributed by atoms with Crippen molar-refractivity contribution in [2.45, 2.75) is 64.0 Å². The van der Waals surface area contributed by atoms with E-state index in [2.05, 4.69) is 12.6 Å². The number of ether oxygens (including phenoxy) is 1. The lowest BCUT2D eigenvalue weighted by Gasteiger charge is -2.06. The van der Waals surface area contributed by atoms with Gasteiger partial charge in [0.1, 0.15) is 7.85 Å². The lowest BCUT2D eigenvalue weighted by molar-refractivity contribution is -0.324. The highest BCUT2D eigenvalue weighted by Crippen LogP contribution is 2.17. The van der Waals surface area contributed by atoms with Gasteiger partial charge in [0.25, 0.3) is 0 Å². The maximum Gasteiger partial charge on any atom is 0.522 e. The van der Waals surface area contributed by atoms with Gasteiger partial charge in [-0.25, -0.2) is 0 Å². The van der Waals surface area contributed by atoms with Gasteiger partial charge in [0, 0.05) is 0 Å². The maximum atomic E-state index is 11.6. The van der Waals surface area contributed by atoms with Gasteiger partial charge in [0.05, 0.1) is 6.61 Å². The molecule has 0 aliphatic heterocycles. The molecular weight excluding hydrogens is 216 g/mol. The van der Waals surface area contributed by atoms with E-state index in [0.29, 0.717) is 6.42 Å². The number of halogens is 3. The van der Waals surface area contributed by atoms with E-state index in [1.165, 1.54) is 32.0 Å². The van der Waals surface area contributed by atoms with Crippen molar-refractivity contribution in [2.24, 2.45) is 0 Å². The highest BCUT2D eigenvalue weighted by atomic mass is 19.4. The summed E-state index contributed by atoms with van der Waals surface area (Å²) >= 11 is 0. The van der Waals surface area contributed by atoms with E-state index in [1.807, 2.05) is 0 Å². The van der Waals surface area contributed by atoms with E-state index >= 15 is 0 Å². The van der Waals surface area contributed by atoms with Gasteiger partial charge in [0.15, 0.2) is 0 Å². The normalized spacial score (nSPS) is 11.9. The van der Waals surface area contributed by atoms with Gasteiger partial charge in [-0.3, -0.25) is 4.74 Å². The minimum Gasteiger partial charge on any atom is -0.292 e. The molecule has 0 bridgehead atoms. The molecule has 1 nitrogen and oxygen atoms in total. The van der Waals surface area contributed by atoms with Crippen LogP contribution in [0.2, 0.25) is 6.32 Å². The quantitative estimate of drug-likeness (QED) is 0.416. The molecule has 0 unspecified atom stereocenters. The first-order chi connectivity index (χ1) is 7.56. The zero-order valence-electron chi connectivity index (χ0n) is 10.1.